The molecule has 0 saturated heterocycles. The van der Waals surface area contributed by atoms with E-state index in [0.29, 0.717) is 22.0 Å². The maximum absolute atomic E-state index is 12.2. The molecule has 3 rings (SSSR count). The van der Waals surface area contributed by atoms with E-state index in [-0.39, 0.29) is 11.3 Å². The molecule has 0 aliphatic carbocycles. The van der Waals surface area contributed by atoms with E-state index in [9.17, 15) is 18.0 Å². The van der Waals surface area contributed by atoms with E-state index in [2.05, 4.69) is 14.9 Å². The van der Waals surface area contributed by atoms with Crippen molar-refractivity contribution < 1.29 is 17.9 Å². The average Bonchev–Trinajstić information content (AvgIpc) is 2.50. The zero-order chi connectivity index (χ0) is 16.6. The first-order valence-electron chi connectivity index (χ1n) is 6.69. The van der Waals surface area contributed by atoms with Gasteiger partial charge in [-0.15, -0.1) is 13.2 Å². The maximum atomic E-state index is 12.2. The Morgan fingerprint density at radius 1 is 1.00 bits per heavy atom. The van der Waals surface area contributed by atoms with E-state index >= 15 is 0 Å². The van der Waals surface area contributed by atoms with Crippen LogP contribution >= 0.6 is 0 Å². The van der Waals surface area contributed by atoms with Crippen LogP contribution < -0.4 is 10.3 Å². The number of aromatic amines is 1. The van der Waals surface area contributed by atoms with Crippen molar-refractivity contribution in [2.45, 2.75) is 13.3 Å². The topological polar surface area (TPSA) is 55.0 Å². The minimum absolute atomic E-state index is 0.281. The Morgan fingerprint density at radius 3 is 2.30 bits per heavy atom. The highest BCUT2D eigenvalue weighted by Crippen LogP contribution is 2.28. The predicted octanol–water partition coefficient (Wildman–Crippen LogP) is 3.80. The molecule has 0 saturated carbocycles. The molecule has 118 valence electrons. The van der Waals surface area contributed by atoms with Crippen molar-refractivity contribution in [2.75, 3.05) is 0 Å². The molecule has 4 nitrogen and oxygen atoms in total. The summed E-state index contributed by atoms with van der Waals surface area (Å²) in [5, 5.41) is 7.52. The third-order valence-corrected chi connectivity index (χ3v) is 3.40. The summed E-state index contributed by atoms with van der Waals surface area (Å²) in [5.74, 6) is -0.281. The minimum atomic E-state index is -4.71. The van der Waals surface area contributed by atoms with E-state index in [1.165, 1.54) is 24.3 Å². The fourth-order valence-electron chi connectivity index (χ4n) is 2.33. The Balaban J connectivity index is 2.00. The van der Waals surface area contributed by atoms with Gasteiger partial charge in [-0.05, 0) is 42.3 Å². The SMILES string of the molecule is Cc1n[nH]c(=O)c2ccc(-c3ccc(OC(F)(F)F)cc3)cc12. The maximum Gasteiger partial charge on any atom is 0.573 e. The van der Waals surface area contributed by atoms with Crippen molar-refractivity contribution in [2.24, 2.45) is 0 Å². The molecule has 7 heteroatoms. The summed E-state index contributed by atoms with van der Waals surface area (Å²) in [7, 11) is 0. The van der Waals surface area contributed by atoms with Crippen molar-refractivity contribution in [1.29, 1.82) is 0 Å². The smallest absolute Gasteiger partial charge is 0.406 e. The van der Waals surface area contributed by atoms with Gasteiger partial charge in [-0.2, -0.15) is 5.10 Å². The minimum Gasteiger partial charge on any atom is -0.406 e. The Labute approximate surface area is 128 Å². The van der Waals surface area contributed by atoms with Gasteiger partial charge >= 0.3 is 6.36 Å². The molecule has 1 N–H and O–H groups in total. The lowest BCUT2D eigenvalue weighted by atomic mass is 10.0. The summed E-state index contributed by atoms with van der Waals surface area (Å²) in [4.78, 5) is 11.7. The summed E-state index contributed by atoms with van der Waals surface area (Å²) >= 11 is 0. The van der Waals surface area contributed by atoms with Gasteiger partial charge in [0.15, 0.2) is 0 Å². The zero-order valence-corrected chi connectivity index (χ0v) is 11.9. The number of benzene rings is 2. The Hall–Kier alpha value is -2.83. The van der Waals surface area contributed by atoms with Crippen molar-refractivity contribution in [3.05, 3.63) is 58.5 Å². The van der Waals surface area contributed by atoms with Gasteiger partial charge in [0.05, 0.1) is 11.1 Å². The summed E-state index contributed by atoms with van der Waals surface area (Å²) in [5.41, 5.74) is 1.86. The molecular weight excluding hydrogens is 309 g/mol. The number of ether oxygens (including phenoxy) is 1. The molecule has 0 amide bonds. The molecular formula is C16H11F3N2O2. The number of aryl methyl sites for hydroxylation is 1. The first-order chi connectivity index (χ1) is 10.8. The summed E-state index contributed by atoms with van der Waals surface area (Å²) < 4.78 is 40.3. The van der Waals surface area contributed by atoms with Gasteiger partial charge in [-0.25, -0.2) is 5.10 Å². The lowest BCUT2D eigenvalue weighted by Crippen LogP contribution is -2.16. The molecule has 0 fully saturated rings. The van der Waals surface area contributed by atoms with Crippen LogP contribution in [0.2, 0.25) is 0 Å². The fourth-order valence-corrected chi connectivity index (χ4v) is 2.33. The third-order valence-electron chi connectivity index (χ3n) is 3.40. The Morgan fingerprint density at radius 2 is 1.65 bits per heavy atom. The number of aromatic nitrogens is 2. The van der Waals surface area contributed by atoms with Crippen LogP contribution in [0.3, 0.4) is 0 Å². The van der Waals surface area contributed by atoms with Crippen LogP contribution in [0.4, 0.5) is 13.2 Å². The monoisotopic (exact) mass is 320 g/mol. The molecule has 23 heavy (non-hydrogen) atoms. The van der Waals surface area contributed by atoms with Gasteiger partial charge in [-0.1, -0.05) is 18.2 Å². The molecule has 0 radical (unpaired) electrons. The highest BCUT2D eigenvalue weighted by Gasteiger charge is 2.30. The second kappa shape index (κ2) is 5.42. The quantitative estimate of drug-likeness (QED) is 0.781. The highest BCUT2D eigenvalue weighted by molar-refractivity contribution is 5.88. The third kappa shape index (κ3) is 3.18. The van der Waals surface area contributed by atoms with Crippen molar-refractivity contribution in [3.63, 3.8) is 0 Å². The van der Waals surface area contributed by atoms with Crippen molar-refractivity contribution in [3.8, 4) is 16.9 Å². The number of hydrogen-bond acceptors (Lipinski definition) is 3. The standard InChI is InChI=1S/C16H11F3N2O2/c1-9-14-8-11(4-7-13(14)15(22)21-20-9)10-2-5-12(6-3-10)23-16(17,18)19/h2-8H,1H3,(H,21,22). The lowest BCUT2D eigenvalue weighted by molar-refractivity contribution is -0.274. The van der Waals surface area contributed by atoms with Crippen molar-refractivity contribution >= 4 is 10.8 Å². The second-order valence-electron chi connectivity index (χ2n) is 4.97. The predicted molar refractivity (Wildman–Crippen MR) is 79.2 cm³/mol. The number of nitrogens with one attached hydrogen (secondary N) is 1. The Kier molecular flexibility index (Phi) is 3.55. The summed E-state index contributed by atoms with van der Waals surface area (Å²) in [6.45, 7) is 1.77. The Bertz CT molecular complexity index is 915. The van der Waals surface area contributed by atoms with Crippen LogP contribution in [0.25, 0.3) is 21.9 Å². The van der Waals surface area contributed by atoms with Crippen LogP contribution in [0.1, 0.15) is 5.69 Å². The van der Waals surface area contributed by atoms with E-state index in [4.69, 9.17) is 0 Å². The number of rotatable bonds is 2. The van der Waals surface area contributed by atoms with Gasteiger partial charge in [0.1, 0.15) is 5.75 Å². The number of hydrogen-bond donors (Lipinski definition) is 1. The number of H-pyrrole nitrogens is 1. The number of fused-ring (bicyclic) bond motifs is 1. The first kappa shape index (κ1) is 15.1. The summed E-state index contributed by atoms with van der Waals surface area (Å²) in [6.07, 6.45) is -4.71. The molecule has 0 spiro atoms. The molecule has 1 heterocycles. The normalized spacial score (nSPS) is 11.7. The van der Waals surface area contributed by atoms with Crippen LogP contribution in [-0.2, 0) is 0 Å². The lowest BCUT2D eigenvalue weighted by Gasteiger charge is -2.10. The summed E-state index contributed by atoms with van der Waals surface area (Å²) in [6, 6.07) is 10.7. The second-order valence-corrected chi connectivity index (χ2v) is 4.97. The van der Waals surface area contributed by atoms with E-state index in [0.717, 1.165) is 5.56 Å². The van der Waals surface area contributed by atoms with Crippen LogP contribution in [-0.4, -0.2) is 16.6 Å². The van der Waals surface area contributed by atoms with E-state index < -0.39 is 6.36 Å². The fraction of sp³-hybridized carbons (Fsp3) is 0.125. The van der Waals surface area contributed by atoms with Gasteiger partial charge in [0, 0.05) is 5.39 Å². The molecule has 3 aromatic rings. The number of halogens is 3. The molecule has 1 aromatic heterocycles. The molecule has 0 aliphatic heterocycles. The molecule has 0 unspecified atom stereocenters. The van der Waals surface area contributed by atoms with Crippen LogP contribution in [0, 0.1) is 6.92 Å². The first-order valence-corrected chi connectivity index (χ1v) is 6.69. The zero-order valence-electron chi connectivity index (χ0n) is 11.9. The molecule has 0 bridgehead atoms. The molecule has 0 atom stereocenters. The molecule has 2 aromatic carbocycles. The van der Waals surface area contributed by atoms with Crippen LogP contribution in [0.15, 0.2) is 47.3 Å². The number of alkyl halides is 3. The van der Waals surface area contributed by atoms with E-state index in [1.54, 1.807) is 25.1 Å². The van der Waals surface area contributed by atoms with Gasteiger partial charge in [-0.3, -0.25) is 4.79 Å². The van der Waals surface area contributed by atoms with Gasteiger partial charge < -0.3 is 4.74 Å². The average molecular weight is 320 g/mol. The number of nitrogens with zero attached hydrogens (tertiary/aromatic N) is 1. The van der Waals surface area contributed by atoms with E-state index in [1.807, 2.05) is 0 Å². The van der Waals surface area contributed by atoms with Gasteiger partial charge in [0.25, 0.3) is 5.56 Å². The van der Waals surface area contributed by atoms with Crippen molar-refractivity contribution in [1.82, 2.24) is 10.2 Å². The molecule has 0 aliphatic rings. The van der Waals surface area contributed by atoms with Crippen LogP contribution in [0.5, 0.6) is 5.75 Å². The highest BCUT2D eigenvalue weighted by atomic mass is 19.4. The largest absolute Gasteiger partial charge is 0.573 e. The van der Waals surface area contributed by atoms with Gasteiger partial charge in [0.2, 0.25) is 0 Å².